The van der Waals surface area contributed by atoms with E-state index in [9.17, 15) is 27.2 Å². The molecule has 32 heavy (non-hydrogen) atoms. The highest BCUT2D eigenvalue weighted by Gasteiger charge is 2.22. The Balaban J connectivity index is 1.43. The number of nitrogens with zero attached hydrogens (tertiary/aromatic N) is 1. The molecule has 0 spiro atoms. The molecule has 1 aliphatic heterocycles. The lowest BCUT2D eigenvalue weighted by molar-refractivity contribution is -0.123. The van der Waals surface area contributed by atoms with E-state index < -0.39 is 15.8 Å². The van der Waals surface area contributed by atoms with E-state index in [0.717, 1.165) is 29.8 Å². The molecule has 0 bridgehead atoms. The Morgan fingerprint density at radius 3 is 2.41 bits per heavy atom. The third-order valence-electron chi connectivity index (χ3n) is 4.78. The van der Waals surface area contributed by atoms with Gasteiger partial charge in [0.25, 0.3) is 5.91 Å². The standard InChI is InChI=1S/C21H23FN4O5S/c22-17-5-7-18(8-6-17)32(30,31)25-10-9-19(27)24-13-15-1-3-16(4-2-15)21(29)26-12-11-23-20(28)14-26/h1-8,25H,9-14H2,(H,23,28)(H,24,27). The number of carbonyl (C=O) groups excluding carboxylic acids is 3. The smallest absolute Gasteiger partial charge is 0.254 e. The van der Waals surface area contributed by atoms with E-state index in [1.807, 2.05) is 0 Å². The summed E-state index contributed by atoms with van der Waals surface area (Å²) in [6.45, 7) is 1.01. The maximum atomic E-state index is 12.9. The summed E-state index contributed by atoms with van der Waals surface area (Å²) in [7, 11) is -3.82. The third-order valence-corrected chi connectivity index (χ3v) is 6.26. The van der Waals surface area contributed by atoms with E-state index >= 15 is 0 Å². The van der Waals surface area contributed by atoms with Crippen LogP contribution in [0.15, 0.2) is 53.4 Å². The molecule has 2 aromatic carbocycles. The Labute approximate surface area is 185 Å². The van der Waals surface area contributed by atoms with E-state index in [2.05, 4.69) is 15.4 Å². The van der Waals surface area contributed by atoms with Gasteiger partial charge < -0.3 is 15.5 Å². The Morgan fingerprint density at radius 2 is 1.75 bits per heavy atom. The van der Waals surface area contributed by atoms with Gasteiger partial charge in [0.1, 0.15) is 5.82 Å². The Morgan fingerprint density at radius 1 is 1.06 bits per heavy atom. The van der Waals surface area contributed by atoms with Crippen molar-refractivity contribution in [1.29, 1.82) is 0 Å². The first-order valence-corrected chi connectivity index (χ1v) is 11.4. The highest BCUT2D eigenvalue weighted by molar-refractivity contribution is 7.89. The molecule has 0 unspecified atom stereocenters. The first-order valence-electron chi connectivity index (χ1n) is 9.91. The normalized spacial score (nSPS) is 14.0. The van der Waals surface area contributed by atoms with Crippen molar-refractivity contribution in [3.05, 3.63) is 65.5 Å². The molecule has 2 aromatic rings. The number of halogens is 1. The molecule has 3 N–H and O–H groups in total. The molecule has 0 atom stereocenters. The van der Waals surface area contributed by atoms with Gasteiger partial charge in [0.05, 0.1) is 11.4 Å². The topological polar surface area (TPSA) is 125 Å². The summed E-state index contributed by atoms with van der Waals surface area (Å²) in [5.41, 5.74) is 1.21. The monoisotopic (exact) mass is 462 g/mol. The van der Waals surface area contributed by atoms with Crippen LogP contribution in [0.3, 0.4) is 0 Å². The summed E-state index contributed by atoms with van der Waals surface area (Å²) in [6.07, 6.45) is -0.0754. The fourth-order valence-electron chi connectivity index (χ4n) is 3.04. The zero-order valence-corrected chi connectivity index (χ0v) is 18.0. The van der Waals surface area contributed by atoms with Gasteiger partial charge in [-0.25, -0.2) is 17.5 Å². The van der Waals surface area contributed by atoms with Gasteiger partial charge in [0, 0.05) is 38.2 Å². The largest absolute Gasteiger partial charge is 0.353 e. The second-order valence-electron chi connectivity index (χ2n) is 7.15. The third kappa shape index (κ3) is 6.34. The lowest BCUT2D eigenvalue weighted by Crippen LogP contribution is -2.49. The summed E-state index contributed by atoms with van der Waals surface area (Å²) in [4.78, 5) is 37.3. The van der Waals surface area contributed by atoms with Crippen LogP contribution in [0.4, 0.5) is 4.39 Å². The SMILES string of the molecule is O=C(CCNS(=O)(=O)c1ccc(F)cc1)NCc1ccc(C(=O)N2CCNC(=O)C2)cc1. The zero-order valence-electron chi connectivity index (χ0n) is 17.1. The number of hydrogen-bond donors (Lipinski definition) is 3. The minimum atomic E-state index is -3.82. The maximum Gasteiger partial charge on any atom is 0.254 e. The van der Waals surface area contributed by atoms with Gasteiger partial charge >= 0.3 is 0 Å². The number of sulfonamides is 1. The van der Waals surface area contributed by atoms with E-state index in [4.69, 9.17) is 0 Å². The number of benzene rings is 2. The van der Waals surface area contributed by atoms with Crippen LogP contribution in [-0.4, -0.2) is 57.2 Å². The van der Waals surface area contributed by atoms with Crippen LogP contribution in [0, 0.1) is 5.82 Å². The second-order valence-corrected chi connectivity index (χ2v) is 8.92. The molecular formula is C21H23FN4O5S. The van der Waals surface area contributed by atoms with Crippen LogP contribution in [-0.2, 0) is 26.2 Å². The molecule has 1 heterocycles. The van der Waals surface area contributed by atoms with Crippen LogP contribution < -0.4 is 15.4 Å². The molecule has 0 saturated carbocycles. The fraction of sp³-hybridized carbons (Fsp3) is 0.286. The second kappa shape index (κ2) is 10.3. The number of amides is 3. The van der Waals surface area contributed by atoms with Crippen molar-refractivity contribution >= 4 is 27.7 Å². The molecule has 0 aromatic heterocycles. The van der Waals surface area contributed by atoms with Crippen molar-refractivity contribution in [2.75, 3.05) is 26.2 Å². The molecule has 3 amide bonds. The van der Waals surface area contributed by atoms with Crippen LogP contribution >= 0.6 is 0 Å². The number of nitrogens with one attached hydrogen (secondary N) is 3. The molecule has 1 fully saturated rings. The van der Waals surface area contributed by atoms with Crippen molar-refractivity contribution in [3.8, 4) is 0 Å². The van der Waals surface area contributed by atoms with Crippen molar-refractivity contribution < 1.29 is 27.2 Å². The van der Waals surface area contributed by atoms with E-state index in [1.165, 1.54) is 4.90 Å². The van der Waals surface area contributed by atoms with Gasteiger partial charge in [0.2, 0.25) is 21.8 Å². The van der Waals surface area contributed by atoms with E-state index in [0.29, 0.717) is 18.7 Å². The van der Waals surface area contributed by atoms with Gasteiger partial charge in [-0.3, -0.25) is 14.4 Å². The number of hydrogen-bond acceptors (Lipinski definition) is 5. The van der Waals surface area contributed by atoms with Crippen LogP contribution in [0.25, 0.3) is 0 Å². The molecule has 11 heteroatoms. The lowest BCUT2D eigenvalue weighted by Gasteiger charge is -2.26. The molecule has 3 rings (SSSR count). The molecule has 0 radical (unpaired) electrons. The average molecular weight is 463 g/mol. The number of rotatable bonds is 8. The van der Waals surface area contributed by atoms with Crippen LogP contribution in [0.1, 0.15) is 22.3 Å². The maximum absolute atomic E-state index is 12.9. The lowest BCUT2D eigenvalue weighted by atomic mass is 10.1. The fourth-order valence-corrected chi connectivity index (χ4v) is 4.08. The summed E-state index contributed by atoms with van der Waals surface area (Å²) >= 11 is 0. The first kappa shape index (κ1) is 23.4. The zero-order chi connectivity index (χ0) is 23.1. The number of piperazine rings is 1. The van der Waals surface area contributed by atoms with Crippen molar-refractivity contribution in [2.45, 2.75) is 17.9 Å². The molecule has 9 nitrogen and oxygen atoms in total. The van der Waals surface area contributed by atoms with Gasteiger partial charge in [-0.05, 0) is 42.0 Å². The number of carbonyl (C=O) groups is 3. The van der Waals surface area contributed by atoms with Crippen molar-refractivity contribution in [3.63, 3.8) is 0 Å². The van der Waals surface area contributed by atoms with Crippen molar-refractivity contribution in [2.24, 2.45) is 0 Å². The van der Waals surface area contributed by atoms with Gasteiger partial charge in [-0.1, -0.05) is 12.1 Å². The quantitative estimate of drug-likeness (QED) is 0.523. The summed E-state index contributed by atoms with van der Waals surface area (Å²) in [6, 6.07) is 11.1. The highest BCUT2D eigenvalue weighted by atomic mass is 32.2. The average Bonchev–Trinajstić information content (AvgIpc) is 2.78. The Kier molecular flexibility index (Phi) is 7.54. The van der Waals surface area contributed by atoms with Crippen LogP contribution in [0.2, 0.25) is 0 Å². The molecule has 0 aliphatic carbocycles. The van der Waals surface area contributed by atoms with Gasteiger partial charge in [-0.15, -0.1) is 0 Å². The Hall–Kier alpha value is -3.31. The molecular weight excluding hydrogens is 439 g/mol. The van der Waals surface area contributed by atoms with Gasteiger partial charge in [-0.2, -0.15) is 0 Å². The predicted molar refractivity (Wildman–Crippen MR) is 113 cm³/mol. The minimum absolute atomic E-state index is 0.0293. The molecule has 170 valence electrons. The minimum Gasteiger partial charge on any atom is -0.353 e. The summed E-state index contributed by atoms with van der Waals surface area (Å²) in [5, 5.41) is 5.34. The predicted octanol–water partition coefficient (Wildman–Crippen LogP) is 0.383. The van der Waals surface area contributed by atoms with Gasteiger partial charge in [0.15, 0.2) is 0 Å². The van der Waals surface area contributed by atoms with Crippen molar-refractivity contribution in [1.82, 2.24) is 20.3 Å². The molecule has 1 aliphatic rings. The molecule has 1 saturated heterocycles. The highest BCUT2D eigenvalue weighted by Crippen LogP contribution is 2.10. The summed E-state index contributed by atoms with van der Waals surface area (Å²) < 4.78 is 39.4. The van der Waals surface area contributed by atoms with E-state index in [1.54, 1.807) is 24.3 Å². The first-order chi connectivity index (χ1) is 15.2. The Bertz CT molecular complexity index is 1090. The van der Waals surface area contributed by atoms with Crippen LogP contribution in [0.5, 0.6) is 0 Å². The summed E-state index contributed by atoms with van der Waals surface area (Å²) in [5.74, 6) is -1.32. The van der Waals surface area contributed by atoms with E-state index in [-0.39, 0.29) is 48.7 Å².